The molecule has 0 aliphatic heterocycles. The molecular formula is C14H19BrO3. The van der Waals surface area contributed by atoms with Gasteiger partial charge in [-0.2, -0.15) is 0 Å². The standard InChI is InChI=1S/C14H19BrO3/c1-2-3-8-18-14(16)11-17-9-7-12-5-4-6-13(15)10-12/h4-6,10H,2-3,7-9,11H2,1H3. The zero-order chi connectivity index (χ0) is 13.2. The molecule has 0 amide bonds. The highest BCUT2D eigenvalue weighted by Crippen LogP contribution is 2.11. The average molecular weight is 315 g/mol. The van der Waals surface area contributed by atoms with Crippen molar-refractivity contribution in [1.82, 2.24) is 0 Å². The highest BCUT2D eigenvalue weighted by Gasteiger charge is 2.02. The van der Waals surface area contributed by atoms with Crippen molar-refractivity contribution in [2.75, 3.05) is 19.8 Å². The number of carbonyl (C=O) groups excluding carboxylic acids is 1. The maximum absolute atomic E-state index is 11.2. The zero-order valence-corrected chi connectivity index (χ0v) is 12.2. The summed E-state index contributed by atoms with van der Waals surface area (Å²) in [6.45, 7) is 3.11. The third-order valence-electron chi connectivity index (χ3n) is 2.40. The Hall–Kier alpha value is -0.870. The third kappa shape index (κ3) is 6.77. The van der Waals surface area contributed by atoms with Crippen LogP contribution in [0.4, 0.5) is 0 Å². The molecule has 0 spiro atoms. The Morgan fingerprint density at radius 3 is 2.89 bits per heavy atom. The summed E-state index contributed by atoms with van der Waals surface area (Å²) in [6, 6.07) is 8.05. The van der Waals surface area contributed by atoms with Crippen LogP contribution in [0.3, 0.4) is 0 Å². The summed E-state index contributed by atoms with van der Waals surface area (Å²) in [5, 5.41) is 0. The van der Waals surface area contributed by atoms with Gasteiger partial charge in [-0.15, -0.1) is 0 Å². The van der Waals surface area contributed by atoms with Crippen LogP contribution < -0.4 is 0 Å². The molecule has 0 bridgehead atoms. The Labute approximate surface area is 117 Å². The van der Waals surface area contributed by atoms with E-state index in [1.165, 1.54) is 5.56 Å². The summed E-state index contributed by atoms with van der Waals surface area (Å²) in [6.07, 6.45) is 2.72. The molecule has 0 radical (unpaired) electrons. The van der Waals surface area contributed by atoms with Crippen LogP contribution in [-0.2, 0) is 20.7 Å². The predicted octanol–water partition coefficient (Wildman–Crippen LogP) is 3.35. The largest absolute Gasteiger partial charge is 0.464 e. The van der Waals surface area contributed by atoms with E-state index in [-0.39, 0.29) is 12.6 Å². The quantitative estimate of drug-likeness (QED) is 0.545. The molecule has 1 aromatic carbocycles. The monoisotopic (exact) mass is 314 g/mol. The Morgan fingerprint density at radius 2 is 2.17 bits per heavy atom. The average Bonchev–Trinajstić information content (AvgIpc) is 2.35. The number of rotatable bonds is 8. The van der Waals surface area contributed by atoms with Gasteiger partial charge in [0.15, 0.2) is 0 Å². The van der Waals surface area contributed by atoms with E-state index in [0.717, 1.165) is 23.7 Å². The lowest BCUT2D eigenvalue weighted by Gasteiger charge is -2.05. The molecule has 0 saturated carbocycles. The molecule has 18 heavy (non-hydrogen) atoms. The second-order valence-corrected chi connectivity index (χ2v) is 4.92. The number of halogens is 1. The van der Waals surface area contributed by atoms with Crippen LogP contribution in [0.25, 0.3) is 0 Å². The van der Waals surface area contributed by atoms with Gasteiger partial charge in [0.25, 0.3) is 0 Å². The van der Waals surface area contributed by atoms with Gasteiger partial charge in [-0.1, -0.05) is 41.4 Å². The van der Waals surface area contributed by atoms with Crippen molar-refractivity contribution < 1.29 is 14.3 Å². The topological polar surface area (TPSA) is 35.5 Å². The van der Waals surface area contributed by atoms with Crippen LogP contribution >= 0.6 is 15.9 Å². The minimum atomic E-state index is -0.280. The Bertz CT molecular complexity index is 366. The van der Waals surface area contributed by atoms with E-state index < -0.39 is 0 Å². The van der Waals surface area contributed by atoms with Gasteiger partial charge in [-0.3, -0.25) is 0 Å². The summed E-state index contributed by atoms with van der Waals surface area (Å²) >= 11 is 3.41. The molecule has 0 saturated heterocycles. The number of hydrogen-bond acceptors (Lipinski definition) is 3. The van der Waals surface area contributed by atoms with Gasteiger partial charge in [0.05, 0.1) is 13.2 Å². The number of ether oxygens (including phenoxy) is 2. The van der Waals surface area contributed by atoms with Crippen LogP contribution in [0.1, 0.15) is 25.3 Å². The first-order valence-electron chi connectivity index (χ1n) is 6.20. The summed E-state index contributed by atoms with van der Waals surface area (Å²) < 4.78 is 11.3. The van der Waals surface area contributed by atoms with Gasteiger partial charge in [0.1, 0.15) is 6.61 Å². The zero-order valence-electron chi connectivity index (χ0n) is 10.7. The smallest absolute Gasteiger partial charge is 0.332 e. The molecular weight excluding hydrogens is 296 g/mol. The Balaban J connectivity index is 2.09. The minimum Gasteiger partial charge on any atom is -0.464 e. The second kappa shape index (κ2) is 9.11. The van der Waals surface area contributed by atoms with Gasteiger partial charge < -0.3 is 9.47 Å². The molecule has 0 fully saturated rings. The number of benzene rings is 1. The van der Waals surface area contributed by atoms with E-state index >= 15 is 0 Å². The lowest BCUT2D eigenvalue weighted by atomic mass is 10.2. The highest BCUT2D eigenvalue weighted by atomic mass is 79.9. The SMILES string of the molecule is CCCCOC(=O)COCCc1cccc(Br)c1. The molecule has 1 rings (SSSR count). The van der Waals surface area contributed by atoms with E-state index in [1.807, 2.05) is 24.3 Å². The molecule has 100 valence electrons. The number of hydrogen-bond donors (Lipinski definition) is 0. The van der Waals surface area contributed by atoms with Gasteiger partial charge in [0.2, 0.25) is 0 Å². The van der Waals surface area contributed by atoms with Gasteiger partial charge in [0, 0.05) is 4.47 Å². The number of carbonyl (C=O) groups is 1. The second-order valence-electron chi connectivity index (χ2n) is 4.01. The number of unbranched alkanes of at least 4 members (excludes halogenated alkanes) is 1. The lowest BCUT2D eigenvalue weighted by Crippen LogP contribution is -2.14. The first kappa shape index (κ1) is 15.2. The molecule has 0 aliphatic rings. The summed E-state index contributed by atoms with van der Waals surface area (Å²) in [7, 11) is 0. The molecule has 0 heterocycles. The molecule has 0 unspecified atom stereocenters. The third-order valence-corrected chi connectivity index (χ3v) is 2.90. The van der Waals surface area contributed by atoms with E-state index in [9.17, 15) is 4.79 Å². The summed E-state index contributed by atoms with van der Waals surface area (Å²) in [5.41, 5.74) is 1.18. The van der Waals surface area contributed by atoms with Gasteiger partial charge in [-0.05, 0) is 30.5 Å². The van der Waals surface area contributed by atoms with Crippen molar-refractivity contribution in [2.45, 2.75) is 26.2 Å². The van der Waals surface area contributed by atoms with Crippen molar-refractivity contribution in [3.8, 4) is 0 Å². The van der Waals surface area contributed by atoms with Gasteiger partial charge in [-0.25, -0.2) is 4.79 Å². The molecule has 4 heteroatoms. The maximum atomic E-state index is 11.2. The summed E-state index contributed by atoms with van der Waals surface area (Å²) in [4.78, 5) is 11.2. The fourth-order valence-corrected chi connectivity index (χ4v) is 1.86. The lowest BCUT2D eigenvalue weighted by molar-refractivity contribution is -0.149. The molecule has 0 N–H and O–H groups in total. The predicted molar refractivity (Wildman–Crippen MR) is 74.5 cm³/mol. The minimum absolute atomic E-state index is 0.0394. The van der Waals surface area contributed by atoms with Crippen molar-refractivity contribution in [3.63, 3.8) is 0 Å². The fraction of sp³-hybridized carbons (Fsp3) is 0.500. The highest BCUT2D eigenvalue weighted by molar-refractivity contribution is 9.10. The first-order valence-corrected chi connectivity index (χ1v) is 6.99. The maximum Gasteiger partial charge on any atom is 0.332 e. The normalized spacial score (nSPS) is 10.3. The van der Waals surface area contributed by atoms with Crippen LogP contribution in [0.5, 0.6) is 0 Å². The van der Waals surface area contributed by atoms with Crippen LogP contribution in [-0.4, -0.2) is 25.8 Å². The summed E-state index contributed by atoms with van der Waals surface area (Å²) in [5.74, 6) is -0.280. The Morgan fingerprint density at radius 1 is 1.33 bits per heavy atom. The van der Waals surface area contributed by atoms with E-state index in [4.69, 9.17) is 9.47 Å². The number of esters is 1. The molecule has 3 nitrogen and oxygen atoms in total. The van der Waals surface area contributed by atoms with Crippen molar-refractivity contribution in [1.29, 1.82) is 0 Å². The van der Waals surface area contributed by atoms with Crippen molar-refractivity contribution >= 4 is 21.9 Å². The fourth-order valence-electron chi connectivity index (χ4n) is 1.41. The van der Waals surface area contributed by atoms with Gasteiger partial charge >= 0.3 is 5.97 Å². The molecule has 0 aromatic heterocycles. The first-order chi connectivity index (χ1) is 8.72. The van der Waals surface area contributed by atoms with E-state index in [2.05, 4.69) is 22.9 Å². The van der Waals surface area contributed by atoms with Crippen molar-refractivity contribution in [2.24, 2.45) is 0 Å². The van der Waals surface area contributed by atoms with E-state index in [0.29, 0.717) is 13.2 Å². The van der Waals surface area contributed by atoms with Crippen LogP contribution in [0.15, 0.2) is 28.7 Å². The molecule has 1 aromatic rings. The molecule has 0 aliphatic carbocycles. The van der Waals surface area contributed by atoms with Crippen LogP contribution in [0.2, 0.25) is 0 Å². The van der Waals surface area contributed by atoms with Crippen molar-refractivity contribution in [3.05, 3.63) is 34.3 Å². The van der Waals surface area contributed by atoms with Crippen LogP contribution in [0, 0.1) is 0 Å². The van der Waals surface area contributed by atoms with E-state index in [1.54, 1.807) is 0 Å². The molecule has 0 atom stereocenters. The Kier molecular flexibility index (Phi) is 7.69.